The van der Waals surface area contributed by atoms with Crippen LogP contribution in [0.3, 0.4) is 0 Å². The molecule has 3 unspecified atom stereocenters. The fourth-order valence-corrected chi connectivity index (χ4v) is 15.6. The Morgan fingerprint density at radius 2 is 1.47 bits per heavy atom. The first-order valence-corrected chi connectivity index (χ1v) is 22.0. The summed E-state index contributed by atoms with van der Waals surface area (Å²) in [5.74, 6) is 5.06. The van der Waals surface area contributed by atoms with Gasteiger partial charge in [0, 0.05) is 0 Å². The lowest BCUT2D eigenvalue weighted by atomic mass is 9.45. The molecule has 5 aliphatic carbocycles. The van der Waals surface area contributed by atoms with Crippen molar-refractivity contribution in [2.45, 2.75) is 148 Å². The molecule has 0 N–H and O–H groups in total. The minimum atomic E-state index is -1.22. The Kier molecular flexibility index (Phi) is 5.95. The molecule has 0 radical (unpaired) electrons. The van der Waals surface area contributed by atoms with E-state index in [1.807, 2.05) is 5.57 Å². The van der Waals surface area contributed by atoms with Crippen LogP contribution in [-0.2, 0) is 0 Å². The van der Waals surface area contributed by atoms with Gasteiger partial charge in [0.15, 0.2) is 0 Å². The molecule has 4 saturated carbocycles. The molecule has 34 heavy (non-hydrogen) atoms. The summed E-state index contributed by atoms with van der Waals surface area (Å²) in [6, 6.07) is 1.58. The molecule has 0 nitrogen and oxygen atoms in total. The van der Waals surface area contributed by atoms with Crippen molar-refractivity contribution >= 4 is 16.1 Å². The highest BCUT2D eigenvalue weighted by Crippen LogP contribution is 2.72. The van der Waals surface area contributed by atoms with Crippen LogP contribution >= 0.6 is 0 Å². The zero-order valence-corrected chi connectivity index (χ0v) is 26.7. The van der Waals surface area contributed by atoms with Crippen LogP contribution in [0.2, 0.25) is 48.9 Å². The van der Waals surface area contributed by atoms with E-state index in [1.54, 1.807) is 31.7 Å². The first kappa shape index (κ1) is 25.8. The Bertz CT molecular complexity index is 834. The van der Waals surface area contributed by atoms with Crippen LogP contribution in [0.1, 0.15) is 98.8 Å². The Balaban J connectivity index is 1.35. The van der Waals surface area contributed by atoms with Gasteiger partial charge in [-0.05, 0) is 115 Å². The lowest BCUT2D eigenvalue weighted by Crippen LogP contribution is -2.53. The lowest BCUT2D eigenvalue weighted by Gasteiger charge is -2.61. The molecular weight excluding hydrogens is 441 g/mol. The molecule has 0 saturated heterocycles. The van der Waals surface area contributed by atoms with Crippen LogP contribution in [0.15, 0.2) is 11.6 Å². The summed E-state index contributed by atoms with van der Waals surface area (Å²) >= 11 is 0. The normalized spacial score (nSPS) is 44.1. The van der Waals surface area contributed by atoms with Gasteiger partial charge in [-0.2, -0.15) is 0 Å². The van der Waals surface area contributed by atoms with E-state index >= 15 is 0 Å². The average molecular weight is 499 g/mol. The van der Waals surface area contributed by atoms with Crippen molar-refractivity contribution < 1.29 is 0 Å². The molecule has 4 fully saturated rings. The lowest BCUT2D eigenvalue weighted by molar-refractivity contribution is -0.0960. The third-order valence-electron chi connectivity index (χ3n) is 14.1. The molecule has 0 amide bonds. The van der Waals surface area contributed by atoms with Gasteiger partial charge in [-0.1, -0.05) is 85.0 Å². The van der Waals surface area contributed by atoms with Crippen molar-refractivity contribution in [3.8, 4) is 0 Å². The van der Waals surface area contributed by atoms with E-state index in [0.29, 0.717) is 20.9 Å². The van der Waals surface area contributed by atoms with Gasteiger partial charge < -0.3 is 0 Å². The molecular formula is C32H58Si2. The van der Waals surface area contributed by atoms with E-state index in [4.69, 9.17) is 0 Å². The van der Waals surface area contributed by atoms with Crippen LogP contribution in [0.5, 0.6) is 0 Å². The second-order valence-electron chi connectivity index (χ2n) is 17.3. The van der Waals surface area contributed by atoms with Gasteiger partial charge in [0.2, 0.25) is 0 Å². The average Bonchev–Trinajstić information content (AvgIpc) is 3.46. The predicted octanol–water partition coefficient (Wildman–Crippen LogP) is 10.6. The summed E-state index contributed by atoms with van der Waals surface area (Å²) in [5.41, 5.74) is 3.19. The molecule has 5 rings (SSSR count). The standard InChI is InChI=1S/C32H58Si2/c1-29(2,3)34(9,10)22-25-12-14-27-26-13-11-23-21-24(32(19-20-32)33(6,7)8)15-17-30(23,4)28(26)16-18-31(25,27)5/h15,23,25-28H,11-14,16-22H2,1-10H3/t23-,25+,26?,27?,28?,30-,31+/m0/s1. The fraction of sp³-hybridized carbons (Fsp3) is 0.938. The van der Waals surface area contributed by atoms with Gasteiger partial charge in [-0.3, -0.25) is 0 Å². The Hall–Kier alpha value is 0.174. The van der Waals surface area contributed by atoms with Crippen LogP contribution in [-0.4, -0.2) is 16.1 Å². The number of fused-ring (bicyclic) bond motifs is 5. The van der Waals surface area contributed by atoms with E-state index in [0.717, 1.165) is 29.6 Å². The molecule has 194 valence electrons. The maximum Gasteiger partial charge on any atom is 0.0552 e. The van der Waals surface area contributed by atoms with Gasteiger partial charge in [0.05, 0.1) is 16.1 Å². The first-order chi connectivity index (χ1) is 15.6. The number of hydrogen-bond acceptors (Lipinski definition) is 0. The van der Waals surface area contributed by atoms with Gasteiger partial charge in [0.25, 0.3) is 0 Å². The first-order valence-electron chi connectivity index (χ1n) is 15.2. The zero-order valence-electron chi connectivity index (χ0n) is 24.7. The Morgan fingerprint density at radius 1 is 0.824 bits per heavy atom. The highest BCUT2D eigenvalue weighted by Gasteiger charge is 2.62. The number of rotatable bonds is 4. The highest BCUT2D eigenvalue weighted by molar-refractivity contribution is 6.81. The number of allylic oxidation sites excluding steroid dienone is 2. The summed E-state index contributed by atoms with van der Waals surface area (Å²) in [5, 5.41) is 1.23. The molecule has 0 aromatic carbocycles. The maximum absolute atomic E-state index is 2.84. The molecule has 0 heterocycles. The van der Waals surface area contributed by atoms with E-state index in [-0.39, 0.29) is 0 Å². The van der Waals surface area contributed by atoms with E-state index in [2.05, 4.69) is 73.4 Å². The topological polar surface area (TPSA) is 0 Å². The third kappa shape index (κ3) is 3.68. The van der Waals surface area contributed by atoms with Crippen molar-refractivity contribution in [3.63, 3.8) is 0 Å². The minimum Gasteiger partial charge on any atom is -0.0845 e. The Morgan fingerprint density at radius 3 is 2.06 bits per heavy atom. The van der Waals surface area contributed by atoms with Crippen LogP contribution < -0.4 is 0 Å². The van der Waals surface area contributed by atoms with E-state index < -0.39 is 16.1 Å². The molecule has 0 aromatic heterocycles. The summed E-state index contributed by atoms with van der Waals surface area (Å²) in [6.07, 6.45) is 18.0. The van der Waals surface area contributed by atoms with Gasteiger partial charge in [-0.25, -0.2) is 0 Å². The highest BCUT2D eigenvalue weighted by atomic mass is 28.3. The summed E-state index contributed by atoms with van der Waals surface area (Å²) < 4.78 is 0. The number of hydrogen-bond donors (Lipinski definition) is 0. The summed E-state index contributed by atoms with van der Waals surface area (Å²) in [4.78, 5) is 0. The molecule has 0 aromatic rings. The molecule has 0 aliphatic heterocycles. The predicted molar refractivity (Wildman–Crippen MR) is 156 cm³/mol. The molecule has 5 aliphatic rings. The fourth-order valence-electron chi connectivity index (χ4n) is 10.3. The van der Waals surface area contributed by atoms with Gasteiger partial charge in [-0.15, -0.1) is 0 Å². The van der Waals surface area contributed by atoms with Crippen molar-refractivity contribution in [2.24, 2.45) is 40.4 Å². The van der Waals surface area contributed by atoms with Crippen molar-refractivity contribution in [2.75, 3.05) is 0 Å². The Labute approximate surface area is 215 Å². The summed E-state index contributed by atoms with van der Waals surface area (Å²) in [6.45, 7) is 26.5. The zero-order chi connectivity index (χ0) is 24.9. The van der Waals surface area contributed by atoms with Crippen LogP contribution in [0.25, 0.3) is 0 Å². The van der Waals surface area contributed by atoms with E-state index in [1.165, 1.54) is 38.5 Å². The maximum atomic E-state index is 2.84. The quantitative estimate of drug-likeness (QED) is 0.267. The minimum absolute atomic E-state index is 0.533. The third-order valence-corrected chi connectivity index (χ3v) is 23.4. The molecule has 0 bridgehead atoms. The van der Waals surface area contributed by atoms with Crippen LogP contribution in [0.4, 0.5) is 0 Å². The second-order valence-corrected chi connectivity index (χ2v) is 28.4. The second kappa shape index (κ2) is 7.84. The van der Waals surface area contributed by atoms with Crippen molar-refractivity contribution in [1.29, 1.82) is 0 Å². The van der Waals surface area contributed by atoms with Crippen molar-refractivity contribution in [3.05, 3.63) is 11.6 Å². The smallest absolute Gasteiger partial charge is 0.0552 e. The van der Waals surface area contributed by atoms with E-state index in [9.17, 15) is 0 Å². The summed E-state index contributed by atoms with van der Waals surface area (Å²) in [7, 11) is -2.33. The van der Waals surface area contributed by atoms with Crippen LogP contribution in [0, 0.1) is 40.4 Å². The van der Waals surface area contributed by atoms with Gasteiger partial charge in [0.1, 0.15) is 0 Å². The molecule has 7 atom stereocenters. The SMILES string of the molecule is CC(C)(C)[Si](C)(C)C[C@H]1CCC2C3CC[C@H]4CC(C5([Si](C)(C)C)CC5)=CC[C@]4(C)C3CC[C@@]21C. The van der Waals surface area contributed by atoms with Gasteiger partial charge >= 0.3 is 0 Å². The largest absolute Gasteiger partial charge is 0.0845 e. The molecule has 0 spiro atoms. The molecule has 2 heteroatoms. The van der Waals surface area contributed by atoms with Crippen molar-refractivity contribution in [1.82, 2.24) is 0 Å². The monoisotopic (exact) mass is 498 g/mol.